The van der Waals surface area contributed by atoms with Crippen LogP contribution < -0.4 is 15.4 Å². The van der Waals surface area contributed by atoms with E-state index in [9.17, 15) is 9.59 Å². The average molecular weight is 441 g/mol. The molecule has 0 saturated carbocycles. The SMILES string of the molecule is COc1ccc(C=C(NC(=O)c2ccccc2)C(=O)NCCc2nc3ccccc3[nH]2)cc1. The Morgan fingerprint density at radius 3 is 2.42 bits per heavy atom. The lowest BCUT2D eigenvalue weighted by atomic mass is 10.1. The summed E-state index contributed by atoms with van der Waals surface area (Å²) in [5, 5.41) is 5.60. The number of carbonyl (C=O) groups is 2. The van der Waals surface area contributed by atoms with E-state index >= 15 is 0 Å². The molecule has 1 heterocycles. The van der Waals surface area contributed by atoms with Crippen molar-refractivity contribution in [2.45, 2.75) is 6.42 Å². The smallest absolute Gasteiger partial charge is 0.267 e. The van der Waals surface area contributed by atoms with Gasteiger partial charge in [-0.25, -0.2) is 4.98 Å². The lowest BCUT2D eigenvalue weighted by Crippen LogP contribution is -2.35. The molecule has 4 rings (SSSR count). The van der Waals surface area contributed by atoms with Gasteiger partial charge < -0.3 is 20.4 Å². The largest absolute Gasteiger partial charge is 0.497 e. The summed E-state index contributed by atoms with van der Waals surface area (Å²) in [4.78, 5) is 33.4. The van der Waals surface area contributed by atoms with Crippen LogP contribution in [0.25, 0.3) is 17.1 Å². The van der Waals surface area contributed by atoms with Crippen molar-refractivity contribution in [3.05, 3.63) is 102 Å². The highest BCUT2D eigenvalue weighted by Crippen LogP contribution is 2.14. The lowest BCUT2D eigenvalue weighted by Gasteiger charge is -2.11. The molecule has 3 N–H and O–H groups in total. The summed E-state index contributed by atoms with van der Waals surface area (Å²) in [7, 11) is 1.59. The first-order valence-corrected chi connectivity index (χ1v) is 10.6. The van der Waals surface area contributed by atoms with Gasteiger partial charge in [-0.3, -0.25) is 9.59 Å². The number of hydrogen-bond acceptors (Lipinski definition) is 4. The number of benzene rings is 3. The van der Waals surface area contributed by atoms with Gasteiger partial charge in [-0.15, -0.1) is 0 Å². The van der Waals surface area contributed by atoms with E-state index in [1.165, 1.54) is 0 Å². The molecule has 0 radical (unpaired) electrons. The van der Waals surface area contributed by atoms with Crippen LogP contribution in [0.15, 0.2) is 84.6 Å². The normalized spacial score (nSPS) is 11.2. The van der Waals surface area contributed by atoms with Gasteiger partial charge in [0.1, 0.15) is 17.3 Å². The monoisotopic (exact) mass is 440 g/mol. The number of carbonyl (C=O) groups excluding carboxylic acids is 2. The Balaban J connectivity index is 1.47. The van der Waals surface area contributed by atoms with Gasteiger partial charge in [0, 0.05) is 18.5 Å². The number of hydrogen-bond donors (Lipinski definition) is 3. The van der Waals surface area contributed by atoms with Crippen LogP contribution in [0.2, 0.25) is 0 Å². The van der Waals surface area contributed by atoms with Crippen LogP contribution in [0.5, 0.6) is 5.75 Å². The number of aromatic nitrogens is 2. The van der Waals surface area contributed by atoms with Crippen molar-refractivity contribution in [3.63, 3.8) is 0 Å². The molecule has 0 unspecified atom stereocenters. The third kappa shape index (κ3) is 5.65. The fourth-order valence-electron chi connectivity index (χ4n) is 3.32. The van der Waals surface area contributed by atoms with Crippen LogP contribution in [0.3, 0.4) is 0 Å². The molecule has 0 aliphatic heterocycles. The fourth-order valence-corrected chi connectivity index (χ4v) is 3.32. The molecule has 1 aromatic heterocycles. The zero-order valence-electron chi connectivity index (χ0n) is 18.2. The van der Waals surface area contributed by atoms with Crippen LogP contribution in [0.4, 0.5) is 0 Å². The van der Waals surface area contributed by atoms with Gasteiger partial charge in [0.25, 0.3) is 11.8 Å². The number of fused-ring (bicyclic) bond motifs is 1. The van der Waals surface area contributed by atoms with E-state index in [2.05, 4.69) is 20.6 Å². The maximum absolute atomic E-state index is 13.0. The summed E-state index contributed by atoms with van der Waals surface area (Å²) in [6, 6.07) is 23.7. The van der Waals surface area contributed by atoms with E-state index < -0.39 is 0 Å². The average Bonchev–Trinajstić information content (AvgIpc) is 3.27. The van der Waals surface area contributed by atoms with Gasteiger partial charge in [0.05, 0.1) is 18.1 Å². The van der Waals surface area contributed by atoms with E-state index in [1.54, 1.807) is 49.6 Å². The summed E-state index contributed by atoms with van der Waals surface area (Å²) in [5.41, 5.74) is 3.21. The Morgan fingerprint density at radius 2 is 1.70 bits per heavy atom. The molecule has 7 nitrogen and oxygen atoms in total. The molecule has 4 aromatic rings. The summed E-state index contributed by atoms with van der Waals surface area (Å²) in [5.74, 6) is 0.747. The third-order valence-corrected chi connectivity index (χ3v) is 5.04. The first-order chi connectivity index (χ1) is 16.1. The van der Waals surface area contributed by atoms with Crippen molar-refractivity contribution in [1.29, 1.82) is 0 Å². The van der Waals surface area contributed by atoms with Crippen molar-refractivity contribution in [2.24, 2.45) is 0 Å². The highest BCUT2D eigenvalue weighted by atomic mass is 16.5. The van der Waals surface area contributed by atoms with Gasteiger partial charge in [0.15, 0.2) is 0 Å². The second-order valence-corrected chi connectivity index (χ2v) is 7.36. The van der Waals surface area contributed by atoms with Gasteiger partial charge in [-0.2, -0.15) is 0 Å². The molecular formula is C26H24N4O3. The van der Waals surface area contributed by atoms with Crippen molar-refractivity contribution in [1.82, 2.24) is 20.6 Å². The molecule has 0 atom stereocenters. The van der Waals surface area contributed by atoms with Crippen molar-refractivity contribution >= 4 is 28.9 Å². The van der Waals surface area contributed by atoms with Crippen molar-refractivity contribution in [2.75, 3.05) is 13.7 Å². The topological polar surface area (TPSA) is 96.1 Å². The van der Waals surface area contributed by atoms with E-state index in [1.807, 2.05) is 42.5 Å². The summed E-state index contributed by atoms with van der Waals surface area (Å²) >= 11 is 0. The van der Waals surface area contributed by atoms with Crippen molar-refractivity contribution in [3.8, 4) is 5.75 Å². The summed E-state index contributed by atoms with van der Waals surface area (Å²) in [6.07, 6.45) is 2.17. The quantitative estimate of drug-likeness (QED) is 0.364. The van der Waals surface area contributed by atoms with E-state index in [4.69, 9.17) is 4.74 Å². The molecule has 3 aromatic carbocycles. The number of rotatable bonds is 8. The Morgan fingerprint density at radius 1 is 0.970 bits per heavy atom. The fraction of sp³-hybridized carbons (Fsp3) is 0.115. The molecule has 2 amide bonds. The highest BCUT2D eigenvalue weighted by Gasteiger charge is 2.15. The van der Waals surface area contributed by atoms with Gasteiger partial charge in [-0.05, 0) is 48.0 Å². The minimum atomic E-state index is -0.383. The molecule has 0 spiro atoms. The van der Waals surface area contributed by atoms with Gasteiger partial charge in [-0.1, -0.05) is 42.5 Å². The van der Waals surface area contributed by atoms with E-state index in [0.717, 1.165) is 22.4 Å². The molecule has 33 heavy (non-hydrogen) atoms. The number of nitrogens with zero attached hydrogens (tertiary/aromatic N) is 1. The number of ether oxygens (including phenoxy) is 1. The minimum Gasteiger partial charge on any atom is -0.497 e. The maximum atomic E-state index is 13.0. The zero-order valence-corrected chi connectivity index (χ0v) is 18.2. The van der Waals surface area contributed by atoms with E-state index in [0.29, 0.717) is 24.3 Å². The second-order valence-electron chi connectivity index (χ2n) is 7.36. The maximum Gasteiger partial charge on any atom is 0.267 e. The Bertz CT molecular complexity index is 1240. The Kier molecular flexibility index (Phi) is 6.80. The number of amides is 2. The van der Waals surface area contributed by atoms with Gasteiger partial charge in [0.2, 0.25) is 0 Å². The predicted octanol–water partition coefficient (Wildman–Crippen LogP) is 3.70. The third-order valence-electron chi connectivity index (χ3n) is 5.04. The summed E-state index contributed by atoms with van der Waals surface area (Å²) in [6.45, 7) is 0.361. The molecule has 0 fully saturated rings. The molecule has 0 bridgehead atoms. The standard InChI is InChI=1S/C26H24N4O3/c1-33-20-13-11-18(12-14-20)17-23(30-25(31)19-7-3-2-4-8-19)26(32)27-16-15-24-28-21-9-5-6-10-22(21)29-24/h2-14,17H,15-16H2,1H3,(H,27,32)(H,28,29)(H,30,31). The molecule has 0 saturated heterocycles. The number of aromatic amines is 1. The number of methoxy groups -OCH3 is 1. The van der Waals surface area contributed by atoms with Crippen LogP contribution >= 0.6 is 0 Å². The second kappa shape index (κ2) is 10.3. The zero-order chi connectivity index (χ0) is 23.0. The van der Waals surface area contributed by atoms with Crippen LogP contribution in [0, 0.1) is 0 Å². The number of para-hydroxylation sites is 2. The van der Waals surface area contributed by atoms with Gasteiger partial charge >= 0.3 is 0 Å². The number of nitrogens with one attached hydrogen (secondary N) is 3. The first-order valence-electron chi connectivity index (χ1n) is 10.6. The van der Waals surface area contributed by atoms with E-state index in [-0.39, 0.29) is 17.5 Å². The Labute approximate surface area is 191 Å². The minimum absolute atomic E-state index is 0.152. The molecule has 166 valence electrons. The summed E-state index contributed by atoms with van der Waals surface area (Å²) < 4.78 is 5.18. The predicted molar refractivity (Wildman–Crippen MR) is 128 cm³/mol. The number of H-pyrrole nitrogens is 1. The van der Waals surface area contributed by atoms with Crippen LogP contribution in [-0.4, -0.2) is 35.4 Å². The number of imidazole rings is 1. The van der Waals surface area contributed by atoms with Crippen LogP contribution in [-0.2, 0) is 11.2 Å². The molecule has 0 aliphatic carbocycles. The Hall–Kier alpha value is -4.39. The molecule has 7 heteroatoms. The lowest BCUT2D eigenvalue weighted by molar-refractivity contribution is -0.117. The highest BCUT2D eigenvalue weighted by molar-refractivity contribution is 6.05. The molecule has 0 aliphatic rings. The van der Waals surface area contributed by atoms with Crippen molar-refractivity contribution < 1.29 is 14.3 Å². The van der Waals surface area contributed by atoms with Crippen LogP contribution in [0.1, 0.15) is 21.7 Å². The first kappa shape index (κ1) is 21.8. The molecular weight excluding hydrogens is 416 g/mol.